The lowest BCUT2D eigenvalue weighted by molar-refractivity contribution is -0.263. The van der Waals surface area contributed by atoms with Gasteiger partial charge >= 0.3 is 18.4 Å². The van der Waals surface area contributed by atoms with E-state index in [9.17, 15) is 35.9 Å². The zero-order valence-electron chi connectivity index (χ0n) is 22.1. The Morgan fingerprint density at radius 3 is 2.26 bits per heavy atom. The number of nitrogens with one attached hydrogen (secondary N) is 1. The van der Waals surface area contributed by atoms with E-state index in [-0.39, 0.29) is 19.6 Å². The van der Waals surface area contributed by atoms with Gasteiger partial charge in [-0.05, 0) is 32.4 Å². The quantitative estimate of drug-likeness (QED) is 0.389. The second-order valence-electron chi connectivity index (χ2n) is 8.98. The second-order valence-corrected chi connectivity index (χ2v) is 8.98. The highest BCUT2D eigenvalue weighted by Gasteiger charge is 2.48. The maximum absolute atomic E-state index is 12.8. The number of urea groups is 1. The largest absolute Gasteiger partial charge is 0.416 e. The average molecular weight is 571 g/mol. The van der Waals surface area contributed by atoms with Crippen LogP contribution in [-0.4, -0.2) is 82.8 Å². The Hall–Kier alpha value is -3.40. The SMILES string of the molecule is C=C(C)C(N)=O.CC(C)(OCCc1cn2ncc(CN3CC(C(F)(F)F)NC3=O)cc2n1)C(F)(F)F.COC. The van der Waals surface area contributed by atoms with E-state index < -0.39 is 42.5 Å². The zero-order valence-corrected chi connectivity index (χ0v) is 22.1. The number of imidazole rings is 1. The van der Waals surface area contributed by atoms with Gasteiger partial charge in [0.2, 0.25) is 5.91 Å². The van der Waals surface area contributed by atoms with Crippen molar-refractivity contribution in [3.63, 3.8) is 0 Å². The minimum Gasteiger partial charge on any atom is -0.388 e. The number of primary amides is 1. The van der Waals surface area contributed by atoms with Gasteiger partial charge in [-0.1, -0.05) is 6.58 Å². The summed E-state index contributed by atoms with van der Waals surface area (Å²) in [6.07, 6.45) is -6.02. The molecule has 3 rings (SSSR count). The van der Waals surface area contributed by atoms with E-state index in [0.717, 1.165) is 18.7 Å². The van der Waals surface area contributed by atoms with Crippen LogP contribution in [0.3, 0.4) is 0 Å². The summed E-state index contributed by atoms with van der Waals surface area (Å²) in [7, 11) is 3.25. The lowest BCUT2D eigenvalue weighted by atomic mass is 10.1. The molecule has 1 unspecified atom stereocenters. The normalized spacial score (nSPS) is 15.7. The summed E-state index contributed by atoms with van der Waals surface area (Å²) < 4.78 is 87.2. The second kappa shape index (κ2) is 13.6. The molecule has 39 heavy (non-hydrogen) atoms. The number of alkyl halides is 6. The van der Waals surface area contributed by atoms with Gasteiger partial charge in [-0.15, -0.1) is 0 Å². The minimum absolute atomic E-state index is 0.0903. The van der Waals surface area contributed by atoms with Crippen molar-refractivity contribution in [2.75, 3.05) is 27.4 Å². The molecule has 1 aliphatic rings. The number of rotatable bonds is 7. The Morgan fingerprint density at radius 2 is 1.79 bits per heavy atom. The van der Waals surface area contributed by atoms with Gasteiger partial charge in [-0.3, -0.25) is 4.79 Å². The van der Waals surface area contributed by atoms with Crippen molar-refractivity contribution >= 4 is 17.6 Å². The molecular weight excluding hydrogens is 538 g/mol. The number of nitrogens with two attached hydrogens (primary N) is 1. The van der Waals surface area contributed by atoms with Gasteiger partial charge in [0, 0.05) is 32.8 Å². The van der Waals surface area contributed by atoms with E-state index in [1.807, 2.05) is 5.32 Å². The molecule has 2 aromatic rings. The fourth-order valence-corrected chi connectivity index (χ4v) is 2.80. The monoisotopic (exact) mass is 570 g/mol. The third-order valence-corrected chi connectivity index (χ3v) is 5.11. The van der Waals surface area contributed by atoms with E-state index in [1.165, 1.54) is 16.9 Å². The topological polar surface area (TPSA) is 124 Å². The first-order valence-corrected chi connectivity index (χ1v) is 11.3. The van der Waals surface area contributed by atoms with Crippen LogP contribution in [0.5, 0.6) is 0 Å². The Bertz CT molecular complexity index is 1120. The van der Waals surface area contributed by atoms with Crippen molar-refractivity contribution < 1.29 is 45.4 Å². The lowest BCUT2D eigenvalue weighted by Crippen LogP contribution is -2.42. The predicted molar refractivity (Wildman–Crippen MR) is 129 cm³/mol. The summed E-state index contributed by atoms with van der Waals surface area (Å²) in [5.74, 6) is -0.435. The molecule has 1 fully saturated rings. The van der Waals surface area contributed by atoms with Crippen molar-refractivity contribution in [2.24, 2.45) is 5.73 Å². The van der Waals surface area contributed by atoms with Crippen LogP contribution in [0.1, 0.15) is 32.0 Å². The van der Waals surface area contributed by atoms with Gasteiger partial charge < -0.3 is 25.4 Å². The number of carbonyl (C=O) groups excluding carboxylic acids is 2. The van der Waals surface area contributed by atoms with Crippen LogP contribution in [0.2, 0.25) is 0 Å². The number of amides is 3. The third kappa shape index (κ3) is 10.4. The first-order chi connectivity index (χ1) is 17.8. The molecule has 0 saturated carbocycles. The van der Waals surface area contributed by atoms with Crippen molar-refractivity contribution in [3.05, 3.63) is 41.9 Å². The van der Waals surface area contributed by atoms with Gasteiger partial charge in [-0.25, -0.2) is 14.3 Å². The fourth-order valence-electron chi connectivity index (χ4n) is 2.80. The maximum Gasteiger partial charge on any atom is 0.416 e. The summed E-state index contributed by atoms with van der Waals surface area (Å²) in [5.41, 5.74) is 4.06. The molecule has 0 bridgehead atoms. The summed E-state index contributed by atoms with van der Waals surface area (Å²) in [5, 5.41) is 5.96. The Balaban J connectivity index is 0.000000734. The Labute approximate surface area is 221 Å². The Morgan fingerprint density at radius 1 is 1.23 bits per heavy atom. The molecule has 1 atom stereocenters. The van der Waals surface area contributed by atoms with Crippen molar-refractivity contribution in [3.8, 4) is 0 Å². The molecule has 16 heteroatoms. The highest BCUT2D eigenvalue weighted by atomic mass is 19.4. The van der Waals surface area contributed by atoms with Crippen molar-refractivity contribution in [1.29, 1.82) is 0 Å². The van der Waals surface area contributed by atoms with Crippen LogP contribution >= 0.6 is 0 Å². The third-order valence-electron chi connectivity index (χ3n) is 5.11. The molecular formula is C23H32F6N6O4. The summed E-state index contributed by atoms with van der Waals surface area (Å²) in [6, 6.07) is -1.21. The first-order valence-electron chi connectivity index (χ1n) is 11.3. The number of methoxy groups -OCH3 is 1. The zero-order chi connectivity index (χ0) is 30.2. The molecule has 1 saturated heterocycles. The molecule has 0 aliphatic carbocycles. The van der Waals surface area contributed by atoms with E-state index >= 15 is 0 Å². The van der Waals surface area contributed by atoms with Gasteiger partial charge in [0.05, 0.1) is 31.2 Å². The predicted octanol–water partition coefficient (Wildman–Crippen LogP) is 3.40. The minimum atomic E-state index is -4.53. The number of hydrogen-bond donors (Lipinski definition) is 2. The smallest absolute Gasteiger partial charge is 0.388 e. The van der Waals surface area contributed by atoms with Gasteiger partial charge in [0.1, 0.15) is 6.04 Å². The van der Waals surface area contributed by atoms with Gasteiger partial charge in [-0.2, -0.15) is 31.4 Å². The van der Waals surface area contributed by atoms with E-state index in [0.29, 0.717) is 22.5 Å². The van der Waals surface area contributed by atoms with Crippen LogP contribution in [0.25, 0.3) is 5.65 Å². The molecule has 3 N–H and O–H groups in total. The average Bonchev–Trinajstić information content (AvgIpc) is 3.36. The van der Waals surface area contributed by atoms with Gasteiger partial charge in [0.25, 0.3) is 0 Å². The summed E-state index contributed by atoms with van der Waals surface area (Å²) in [4.78, 5) is 26.8. The number of carbonyl (C=O) groups is 2. The van der Waals surface area contributed by atoms with Gasteiger partial charge in [0.15, 0.2) is 11.2 Å². The highest BCUT2D eigenvalue weighted by molar-refractivity contribution is 5.90. The van der Waals surface area contributed by atoms with Crippen LogP contribution < -0.4 is 11.1 Å². The Kier molecular flexibility index (Phi) is 11.7. The number of hydrogen-bond acceptors (Lipinski definition) is 6. The van der Waals surface area contributed by atoms with Crippen LogP contribution in [0, 0.1) is 0 Å². The van der Waals surface area contributed by atoms with Crippen molar-refractivity contribution in [2.45, 2.75) is 57.7 Å². The van der Waals surface area contributed by atoms with E-state index in [1.54, 1.807) is 27.2 Å². The maximum atomic E-state index is 12.8. The van der Waals surface area contributed by atoms with Crippen LogP contribution in [-0.2, 0) is 27.2 Å². The number of fused-ring (bicyclic) bond motifs is 1. The first kappa shape index (κ1) is 33.6. The number of halogens is 6. The molecule has 3 heterocycles. The molecule has 0 aromatic carbocycles. The summed E-state index contributed by atoms with van der Waals surface area (Å²) in [6.45, 7) is 5.90. The molecule has 10 nitrogen and oxygen atoms in total. The molecule has 0 radical (unpaired) electrons. The lowest BCUT2D eigenvalue weighted by Gasteiger charge is -2.27. The number of aromatic nitrogens is 3. The highest BCUT2D eigenvalue weighted by Crippen LogP contribution is 2.32. The summed E-state index contributed by atoms with van der Waals surface area (Å²) >= 11 is 0. The van der Waals surface area contributed by atoms with Crippen LogP contribution in [0.15, 0.2) is 30.6 Å². The molecule has 2 aromatic heterocycles. The molecule has 220 valence electrons. The molecule has 0 spiro atoms. The number of ether oxygens (including phenoxy) is 2. The molecule has 3 amide bonds. The van der Waals surface area contributed by atoms with E-state index in [4.69, 9.17) is 10.5 Å². The van der Waals surface area contributed by atoms with E-state index in [2.05, 4.69) is 21.4 Å². The molecule has 1 aliphatic heterocycles. The fraction of sp³-hybridized carbons (Fsp3) is 0.565. The standard InChI is InChI=1S/C17H19F6N5O2.C4H7NO.C2H6O/c1-15(2,17(21,22)23)30-4-3-11-8-28-13(25-11)5-10(6-24-28)7-27-9-12(16(18,19)20)26-14(27)29;1-3(2)4(5)6;1-3-2/h5-6,8,12H,3-4,7,9H2,1-2H3,(H,26,29);1H2,2H3,(H2,5,6);1-2H3. The van der Waals surface area contributed by atoms with Crippen molar-refractivity contribution in [1.82, 2.24) is 24.8 Å². The van der Waals surface area contributed by atoms with Crippen LogP contribution in [0.4, 0.5) is 31.1 Å². The number of nitrogens with zero attached hydrogens (tertiary/aromatic N) is 4.